The molecule has 0 spiro atoms. The van der Waals surface area contributed by atoms with E-state index in [2.05, 4.69) is 0 Å². The summed E-state index contributed by atoms with van der Waals surface area (Å²) in [5.74, 6) is -2.19. The molecule has 114 valence electrons. The summed E-state index contributed by atoms with van der Waals surface area (Å²) in [7, 11) is -3.76. The summed E-state index contributed by atoms with van der Waals surface area (Å²) in [5, 5.41) is 0. The molecule has 1 aromatic rings. The molecule has 20 heavy (non-hydrogen) atoms. The van der Waals surface area contributed by atoms with Crippen LogP contribution in [0.1, 0.15) is 39.5 Å². The first-order valence-electron chi connectivity index (χ1n) is 6.88. The molecule has 0 heterocycles. The largest absolute Gasteiger partial charge is 0.243 e. The second-order valence-corrected chi connectivity index (χ2v) is 6.63. The molecule has 0 atom stereocenters. The molecule has 0 unspecified atom stereocenters. The van der Waals surface area contributed by atoms with Gasteiger partial charge in [-0.15, -0.1) is 0 Å². The van der Waals surface area contributed by atoms with Crippen molar-refractivity contribution in [1.82, 2.24) is 4.31 Å². The second-order valence-electron chi connectivity index (χ2n) is 4.69. The Hall–Kier alpha value is -1.01. The van der Waals surface area contributed by atoms with E-state index in [1.165, 1.54) is 4.31 Å². The van der Waals surface area contributed by atoms with Crippen molar-refractivity contribution in [3.63, 3.8) is 0 Å². The molecule has 3 nitrogen and oxygen atoms in total. The zero-order valence-electron chi connectivity index (χ0n) is 11.9. The average molecular weight is 305 g/mol. The molecule has 6 heteroatoms. The maximum absolute atomic E-state index is 13.2. The summed E-state index contributed by atoms with van der Waals surface area (Å²) in [6.45, 7) is 4.75. The number of rotatable bonds is 8. The Bertz CT molecular complexity index is 524. The minimum Gasteiger partial charge on any atom is -0.207 e. The van der Waals surface area contributed by atoms with E-state index < -0.39 is 21.7 Å². The molecule has 0 amide bonds. The lowest BCUT2D eigenvalue weighted by atomic mass is 10.3. The van der Waals surface area contributed by atoms with Gasteiger partial charge in [-0.3, -0.25) is 0 Å². The number of hydrogen-bond acceptors (Lipinski definition) is 2. The van der Waals surface area contributed by atoms with Gasteiger partial charge >= 0.3 is 0 Å². The van der Waals surface area contributed by atoms with Crippen LogP contribution in [0.4, 0.5) is 8.78 Å². The van der Waals surface area contributed by atoms with E-state index in [1.54, 1.807) is 0 Å². The van der Waals surface area contributed by atoms with E-state index >= 15 is 0 Å². The van der Waals surface area contributed by atoms with Gasteiger partial charge in [0.25, 0.3) is 0 Å². The Morgan fingerprint density at radius 1 is 1.00 bits per heavy atom. The van der Waals surface area contributed by atoms with Crippen LogP contribution in [0.25, 0.3) is 0 Å². The molecule has 0 radical (unpaired) electrons. The second kappa shape index (κ2) is 7.69. The summed E-state index contributed by atoms with van der Waals surface area (Å²) >= 11 is 0. The fourth-order valence-corrected chi connectivity index (χ4v) is 3.34. The predicted octanol–water partition coefficient (Wildman–Crippen LogP) is 3.56. The molecule has 0 aromatic heterocycles. The normalized spacial score (nSPS) is 12.1. The zero-order valence-corrected chi connectivity index (χ0v) is 12.7. The fraction of sp³-hybridized carbons (Fsp3) is 0.571. The lowest BCUT2D eigenvalue weighted by molar-refractivity contribution is 0.394. The number of sulfonamides is 1. The van der Waals surface area contributed by atoms with Crippen LogP contribution in [0.5, 0.6) is 0 Å². The van der Waals surface area contributed by atoms with Crippen LogP contribution in [-0.2, 0) is 10.0 Å². The van der Waals surface area contributed by atoms with E-state index in [0.29, 0.717) is 13.1 Å². The van der Waals surface area contributed by atoms with Gasteiger partial charge in [-0.05, 0) is 31.0 Å². The molecule has 0 saturated heterocycles. The maximum Gasteiger partial charge on any atom is 0.243 e. The molecule has 1 rings (SSSR count). The first kappa shape index (κ1) is 17.0. The highest BCUT2D eigenvalue weighted by Crippen LogP contribution is 2.19. The highest BCUT2D eigenvalue weighted by atomic mass is 32.2. The lowest BCUT2D eigenvalue weighted by Crippen LogP contribution is -2.33. The molecule has 0 aliphatic rings. The fourth-order valence-electron chi connectivity index (χ4n) is 1.81. The van der Waals surface area contributed by atoms with Crippen molar-refractivity contribution in [3.05, 3.63) is 29.8 Å². The SMILES string of the molecule is CCCCN(CCCC)S(=O)(=O)c1ccc(F)c(F)c1. The van der Waals surface area contributed by atoms with Crippen molar-refractivity contribution in [1.29, 1.82) is 0 Å². The van der Waals surface area contributed by atoms with Crippen LogP contribution < -0.4 is 0 Å². The highest BCUT2D eigenvalue weighted by Gasteiger charge is 2.24. The topological polar surface area (TPSA) is 37.4 Å². The minimum atomic E-state index is -3.76. The highest BCUT2D eigenvalue weighted by molar-refractivity contribution is 7.89. The van der Waals surface area contributed by atoms with Crippen LogP contribution >= 0.6 is 0 Å². The number of nitrogens with zero attached hydrogens (tertiary/aromatic N) is 1. The maximum atomic E-state index is 13.2. The van der Waals surface area contributed by atoms with Gasteiger partial charge in [-0.1, -0.05) is 26.7 Å². The lowest BCUT2D eigenvalue weighted by Gasteiger charge is -2.22. The molecule has 1 aromatic carbocycles. The van der Waals surface area contributed by atoms with E-state index in [4.69, 9.17) is 0 Å². The third-order valence-corrected chi connectivity index (χ3v) is 4.95. The smallest absolute Gasteiger partial charge is 0.207 e. The Kier molecular flexibility index (Phi) is 6.55. The van der Waals surface area contributed by atoms with Crippen molar-refractivity contribution in [2.24, 2.45) is 0 Å². The van der Waals surface area contributed by atoms with Gasteiger partial charge in [0.1, 0.15) is 0 Å². The summed E-state index contributed by atoms with van der Waals surface area (Å²) in [5.41, 5.74) is 0. The van der Waals surface area contributed by atoms with Crippen LogP contribution in [0.3, 0.4) is 0 Å². The molecule has 0 aliphatic heterocycles. The van der Waals surface area contributed by atoms with Crippen molar-refractivity contribution >= 4 is 10.0 Å². The quantitative estimate of drug-likeness (QED) is 0.736. The van der Waals surface area contributed by atoms with E-state index in [-0.39, 0.29) is 4.90 Å². The number of unbranched alkanes of at least 4 members (excludes halogenated alkanes) is 2. The Labute approximate surface area is 119 Å². The summed E-state index contributed by atoms with van der Waals surface area (Å²) in [6.07, 6.45) is 3.23. The Balaban J connectivity index is 3.03. The van der Waals surface area contributed by atoms with E-state index in [9.17, 15) is 17.2 Å². The van der Waals surface area contributed by atoms with Gasteiger partial charge < -0.3 is 0 Å². The van der Waals surface area contributed by atoms with Crippen LogP contribution in [0, 0.1) is 11.6 Å². The Morgan fingerprint density at radius 2 is 1.55 bits per heavy atom. The zero-order chi connectivity index (χ0) is 15.2. The monoisotopic (exact) mass is 305 g/mol. The van der Waals surface area contributed by atoms with Crippen molar-refractivity contribution in [3.8, 4) is 0 Å². The van der Waals surface area contributed by atoms with E-state index in [1.807, 2.05) is 13.8 Å². The third kappa shape index (κ3) is 4.24. The first-order valence-corrected chi connectivity index (χ1v) is 8.32. The summed E-state index contributed by atoms with van der Waals surface area (Å²) in [6, 6.07) is 2.70. The summed E-state index contributed by atoms with van der Waals surface area (Å²) in [4.78, 5) is -0.191. The molecular weight excluding hydrogens is 284 g/mol. The minimum absolute atomic E-state index is 0.191. The molecule has 0 saturated carbocycles. The van der Waals surface area contributed by atoms with Crippen molar-refractivity contribution in [2.75, 3.05) is 13.1 Å². The van der Waals surface area contributed by atoms with Gasteiger partial charge in [-0.25, -0.2) is 17.2 Å². The first-order chi connectivity index (χ1) is 9.43. The molecule has 0 fully saturated rings. The standard InChI is InChI=1S/C14H21F2NO2S/c1-3-5-9-17(10-6-4-2)20(18,19)12-7-8-13(15)14(16)11-12/h7-8,11H,3-6,9-10H2,1-2H3. The predicted molar refractivity (Wildman–Crippen MR) is 74.9 cm³/mol. The molecular formula is C14H21F2NO2S. The number of halogens is 2. The van der Waals surface area contributed by atoms with Crippen molar-refractivity contribution in [2.45, 2.75) is 44.4 Å². The summed E-state index contributed by atoms with van der Waals surface area (Å²) < 4.78 is 52.4. The third-order valence-electron chi connectivity index (χ3n) is 3.05. The number of benzene rings is 1. The van der Waals surface area contributed by atoms with Crippen LogP contribution in [-0.4, -0.2) is 25.8 Å². The van der Waals surface area contributed by atoms with Gasteiger partial charge in [-0.2, -0.15) is 4.31 Å². The average Bonchev–Trinajstić information content (AvgIpc) is 2.41. The molecule has 0 bridgehead atoms. The molecule has 0 N–H and O–H groups in total. The van der Waals surface area contributed by atoms with Gasteiger partial charge in [0, 0.05) is 13.1 Å². The Morgan fingerprint density at radius 3 is 2.00 bits per heavy atom. The van der Waals surface area contributed by atoms with Crippen LogP contribution in [0.15, 0.2) is 23.1 Å². The molecule has 0 aliphatic carbocycles. The van der Waals surface area contributed by atoms with Gasteiger partial charge in [0.2, 0.25) is 10.0 Å². The number of hydrogen-bond donors (Lipinski definition) is 0. The van der Waals surface area contributed by atoms with Gasteiger partial charge in [0.05, 0.1) is 4.90 Å². The van der Waals surface area contributed by atoms with E-state index in [0.717, 1.165) is 43.9 Å². The van der Waals surface area contributed by atoms with Crippen molar-refractivity contribution < 1.29 is 17.2 Å². The van der Waals surface area contributed by atoms with Crippen LogP contribution in [0.2, 0.25) is 0 Å². The van der Waals surface area contributed by atoms with Gasteiger partial charge in [0.15, 0.2) is 11.6 Å².